The Bertz CT molecular complexity index is 529. The molecular weight excluding hydrogens is 306 g/mol. The number of rotatable bonds is 7. The number of carbonyl (C=O) groups is 1. The SMILES string of the molecule is CS(=O)(=O)NCCCNC(=O)CC1CS(=O)(=O)CCN1. The smallest absolute Gasteiger partial charge is 0.221 e. The van der Waals surface area contributed by atoms with Gasteiger partial charge in [0.05, 0.1) is 17.8 Å². The first-order valence-electron chi connectivity index (χ1n) is 6.33. The topological polar surface area (TPSA) is 121 Å². The molecule has 1 atom stereocenters. The number of amides is 1. The molecule has 0 spiro atoms. The Balaban J connectivity index is 2.17. The van der Waals surface area contributed by atoms with Crippen LogP contribution in [0.15, 0.2) is 0 Å². The van der Waals surface area contributed by atoms with Crippen LogP contribution in [0.5, 0.6) is 0 Å². The summed E-state index contributed by atoms with van der Waals surface area (Å²) >= 11 is 0. The van der Waals surface area contributed by atoms with E-state index in [-0.39, 0.29) is 36.4 Å². The van der Waals surface area contributed by atoms with E-state index >= 15 is 0 Å². The lowest BCUT2D eigenvalue weighted by atomic mass is 10.2. The van der Waals surface area contributed by atoms with Crippen LogP contribution in [0, 0.1) is 0 Å². The maximum Gasteiger partial charge on any atom is 0.221 e. The van der Waals surface area contributed by atoms with E-state index in [4.69, 9.17) is 0 Å². The van der Waals surface area contributed by atoms with Crippen LogP contribution in [0.2, 0.25) is 0 Å². The van der Waals surface area contributed by atoms with Gasteiger partial charge in [-0.2, -0.15) is 0 Å². The second kappa shape index (κ2) is 7.34. The van der Waals surface area contributed by atoms with E-state index in [1.54, 1.807) is 0 Å². The number of carbonyl (C=O) groups excluding carboxylic acids is 1. The largest absolute Gasteiger partial charge is 0.356 e. The van der Waals surface area contributed by atoms with Crippen LogP contribution < -0.4 is 15.4 Å². The molecule has 1 unspecified atom stereocenters. The van der Waals surface area contributed by atoms with Gasteiger partial charge in [-0.1, -0.05) is 0 Å². The molecule has 118 valence electrons. The van der Waals surface area contributed by atoms with Crippen molar-refractivity contribution in [2.75, 3.05) is 37.4 Å². The molecule has 8 nitrogen and oxygen atoms in total. The summed E-state index contributed by atoms with van der Waals surface area (Å²) < 4.78 is 46.7. The first kappa shape index (κ1) is 17.3. The molecule has 0 aromatic rings. The van der Waals surface area contributed by atoms with Crippen LogP contribution in [0.1, 0.15) is 12.8 Å². The third-order valence-corrected chi connectivity index (χ3v) is 5.24. The summed E-state index contributed by atoms with van der Waals surface area (Å²) in [6.07, 6.45) is 1.66. The van der Waals surface area contributed by atoms with Gasteiger partial charge in [0.2, 0.25) is 15.9 Å². The summed E-state index contributed by atoms with van der Waals surface area (Å²) in [5.74, 6) is -0.142. The second-order valence-electron chi connectivity index (χ2n) is 4.84. The molecule has 0 aromatic heterocycles. The van der Waals surface area contributed by atoms with Crippen LogP contribution in [0.3, 0.4) is 0 Å². The lowest BCUT2D eigenvalue weighted by Crippen LogP contribution is -2.47. The van der Waals surface area contributed by atoms with Crippen molar-refractivity contribution in [1.82, 2.24) is 15.4 Å². The predicted molar refractivity (Wildman–Crippen MR) is 75.5 cm³/mol. The molecule has 1 fully saturated rings. The summed E-state index contributed by atoms with van der Waals surface area (Å²) in [6.45, 7) is 0.981. The first-order chi connectivity index (χ1) is 9.18. The minimum Gasteiger partial charge on any atom is -0.356 e. The highest BCUT2D eigenvalue weighted by Crippen LogP contribution is 2.04. The molecule has 1 aliphatic heterocycles. The van der Waals surface area contributed by atoms with Gasteiger partial charge >= 0.3 is 0 Å². The lowest BCUT2D eigenvalue weighted by molar-refractivity contribution is -0.121. The Morgan fingerprint density at radius 1 is 1.35 bits per heavy atom. The molecule has 3 N–H and O–H groups in total. The van der Waals surface area contributed by atoms with Gasteiger partial charge in [0.15, 0.2) is 9.84 Å². The van der Waals surface area contributed by atoms with Crippen LogP contribution in [-0.2, 0) is 24.7 Å². The fraction of sp³-hybridized carbons (Fsp3) is 0.900. The highest BCUT2D eigenvalue weighted by atomic mass is 32.2. The lowest BCUT2D eigenvalue weighted by Gasteiger charge is -2.23. The average Bonchev–Trinajstić information content (AvgIpc) is 2.25. The Labute approximate surface area is 119 Å². The molecule has 0 aromatic carbocycles. The fourth-order valence-electron chi connectivity index (χ4n) is 1.87. The number of sulfonamides is 1. The molecular formula is C10H21N3O5S2. The predicted octanol–water partition coefficient (Wildman–Crippen LogP) is -2.18. The quantitative estimate of drug-likeness (QED) is 0.457. The summed E-state index contributed by atoms with van der Waals surface area (Å²) in [7, 11) is -6.24. The summed E-state index contributed by atoms with van der Waals surface area (Å²) in [6, 6.07) is -0.345. The van der Waals surface area contributed by atoms with Crippen molar-refractivity contribution in [3.8, 4) is 0 Å². The molecule has 1 amide bonds. The van der Waals surface area contributed by atoms with E-state index in [0.29, 0.717) is 19.5 Å². The van der Waals surface area contributed by atoms with Gasteiger partial charge in [-0.15, -0.1) is 0 Å². The molecule has 1 heterocycles. The van der Waals surface area contributed by atoms with Gasteiger partial charge < -0.3 is 10.6 Å². The van der Waals surface area contributed by atoms with Gasteiger partial charge in [0.1, 0.15) is 0 Å². The minimum absolute atomic E-state index is 0.0178. The molecule has 0 radical (unpaired) electrons. The number of nitrogens with one attached hydrogen (secondary N) is 3. The second-order valence-corrected chi connectivity index (χ2v) is 8.90. The van der Waals surface area contributed by atoms with E-state index in [0.717, 1.165) is 6.26 Å². The molecule has 1 aliphatic rings. The normalized spacial score (nSPS) is 22.4. The molecule has 20 heavy (non-hydrogen) atoms. The van der Waals surface area contributed by atoms with E-state index in [1.165, 1.54) is 0 Å². The van der Waals surface area contributed by atoms with E-state index in [9.17, 15) is 21.6 Å². The zero-order valence-corrected chi connectivity index (χ0v) is 13.0. The Hall–Kier alpha value is -0.710. The summed E-state index contributed by atoms with van der Waals surface area (Å²) in [5.41, 5.74) is 0. The third-order valence-electron chi connectivity index (χ3n) is 2.77. The highest BCUT2D eigenvalue weighted by Gasteiger charge is 2.25. The number of hydrogen-bond donors (Lipinski definition) is 3. The molecule has 0 aliphatic carbocycles. The Morgan fingerprint density at radius 2 is 2.05 bits per heavy atom. The van der Waals surface area contributed by atoms with Gasteiger partial charge in [-0.25, -0.2) is 21.6 Å². The van der Waals surface area contributed by atoms with Crippen LogP contribution in [0.25, 0.3) is 0 Å². The average molecular weight is 327 g/mol. The van der Waals surface area contributed by atoms with E-state index in [2.05, 4.69) is 15.4 Å². The number of hydrogen-bond acceptors (Lipinski definition) is 6. The van der Waals surface area contributed by atoms with Crippen molar-refractivity contribution in [2.24, 2.45) is 0 Å². The van der Waals surface area contributed by atoms with E-state index in [1.807, 2.05) is 0 Å². The molecule has 0 saturated carbocycles. The van der Waals surface area contributed by atoms with Crippen molar-refractivity contribution in [3.63, 3.8) is 0 Å². The van der Waals surface area contributed by atoms with Gasteiger partial charge in [0, 0.05) is 32.1 Å². The van der Waals surface area contributed by atoms with Crippen LogP contribution >= 0.6 is 0 Å². The standard InChI is InChI=1S/C10H21N3O5S2/c1-19(15,16)13-4-2-3-12-10(14)7-9-8-20(17,18)6-5-11-9/h9,11,13H,2-8H2,1H3,(H,12,14). The molecule has 1 saturated heterocycles. The minimum atomic E-state index is -3.20. The summed E-state index contributed by atoms with van der Waals surface area (Å²) in [4.78, 5) is 11.6. The van der Waals surface area contributed by atoms with Crippen molar-refractivity contribution in [1.29, 1.82) is 0 Å². The van der Waals surface area contributed by atoms with Crippen LogP contribution in [-0.4, -0.2) is 66.2 Å². The number of sulfone groups is 1. The maximum absolute atomic E-state index is 11.6. The Kier molecular flexibility index (Phi) is 6.37. The van der Waals surface area contributed by atoms with Gasteiger partial charge in [-0.05, 0) is 6.42 Å². The third kappa shape index (κ3) is 7.78. The van der Waals surface area contributed by atoms with Crippen molar-refractivity contribution in [3.05, 3.63) is 0 Å². The van der Waals surface area contributed by atoms with Crippen molar-refractivity contribution < 1.29 is 21.6 Å². The van der Waals surface area contributed by atoms with Gasteiger partial charge in [-0.3, -0.25) is 4.79 Å². The van der Waals surface area contributed by atoms with Crippen molar-refractivity contribution >= 4 is 25.8 Å². The molecule has 1 rings (SSSR count). The van der Waals surface area contributed by atoms with Gasteiger partial charge in [0.25, 0.3) is 0 Å². The molecule has 0 bridgehead atoms. The van der Waals surface area contributed by atoms with Crippen molar-refractivity contribution in [2.45, 2.75) is 18.9 Å². The maximum atomic E-state index is 11.6. The van der Waals surface area contributed by atoms with Crippen LogP contribution in [0.4, 0.5) is 0 Å². The summed E-state index contributed by atoms with van der Waals surface area (Å²) in [5, 5.41) is 5.63. The Morgan fingerprint density at radius 3 is 2.65 bits per heavy atom. The first-order valence-corrected chi connectivity index (χ1v) is 10.0. The zero-order valence-electron chi connectivity index (χ0n) is 11.4. The molecule has 10 heteroatoms. The van der Waals surface area contributed by atoms with E-state index < -0.39 is 19.9 Å². The highest BCUT2D eigenvalue weighted by molar-refractivity contribution is 7.91. The fourth-order valence-corrected chi connectivity index (χ4v) is 3.83. The monoisotopic (exact) mass is 327 g/mol. The zero-order chi connectivity index (χ0) is 15.2.